The smallest absolute Gasteiger partial charge is 0.0712 e. The minimum Gasteiger partial charge on any atom is -0.146 e. The second-order valence-corrected chi connectivity index (χ2v) is 4.93. The Kier molecular flexibility index (Phi) is 12.6. The molecule has 0 saturated carbocycles. The van der Waals surface area contributed by atoms with Gasteiger partial charge in [0.15, 0.2) is 0 Å². The van der Waals surface area contributed by atoms with Crippen LogP contribution in [0, 0.1) is 5.08 Å². The highest BCUT2D eigenvalue weighted by atomic mass is 35.5. The molecule has 0 spiro atoms. The van der Waals surface area contributed by atoms with Gasteiger partial charge in [0.1, 0.15) is 0 Å². The second-order valence-electron chi connectivity index (χ2n) is 1.92. The molecule has 0 aliphatic rings. The van der Waals surface area contributed by atoms with E-state index < -0.39 is 0 Å². The normalized spacial score (nSPS) is 10.4. The van der Waals surface area contributed by atoms with E-state index in [1.807, 2.05) is 23.5 Å². The van der Waals surface area contributed by atoms with E-state index in [0.717, 1.165) is 36.1 Å². The van der Waals surface area contributed by atoms with Gasteiger partial charge in [0.2, 0.25) is 0 Å². The molecule has 0 N–H and O–H groups in total. The monoisotopic (exact) mass is 231 g/mol. The summed E-state index contributed by atoms with van der Waals surface area (Å²) in [5, 5.41) is 2.18. The van der Waals surface area contributed by atoms with E-state index in [4.69, 9.17) is 23.2 Å². The molecule has 0 bridgehead atoms. The zero-order valence-electron chi connectivity index (χ0n) is 6.39. The summed E-state index contributed by atoms with van der Waals surface area (Å²) in [6, 6.07) is 0. The van der Waals surface area contributed by atoms with Crippen molar-refractivity contribution in [2.75, 3.05) is 23.3 Å². The molecule has 0 aliphatic heterocycles. The van der Waals surface area contributed by atoms with Crippen LogP contribution in [0.5, 0.6) is 0 Å². The molecule has 0 rings (SSSR count). The predicted molar refractivity (Wildman–Crippen MR) is 59.9 cm³/mol. The average molecular weight is 232 g/mol. The average Bonchev–Trinajstić information content (AvgIpc) is 2.03. The van der Waals surface area contributed by atoms with Crippen LogP contribution in [0.4, 0.5) is 0 Å². The standard InChI is InChI=1S/C7H13Cl2S2/c8-3-1-5-10-7-11-6-2-4-9/h7H,1-6H2. The fraction of sp³-hybridized carbons (Fsp3) is 0.857. The number of hydrogen-bond acceptors (Lipinski definition) is 2. The first-order valence-electron chi connectivity index (χ1n) is 3.58. The van der Waals surface area contributed by atoms with Crippen LogP contribution in [0.1, 0.15) is 12.8 Å². The molecule has 0 aromatic carbocycles. The highest BCUT2D eigenvalue weighted by Gasteiger charge is 1.90. The number of thioether (sulfide) groups is 2. The van der Waals surface area contributed by atoms with Crippen molar-refractivity contribution < 1.29 is 0 Å². The third kappa shape index (κ3) is 11.3. The lowest BCUT2D eigenvalue weighted by Crippen LogP contribution is -1.81. The van der Waals surface area contributed by atoms with Crippen LogP contribution in [0.2, 0.25) is 0 Å². The first kappa shape index (κ1) is 12.3. The number of halogens is 2. The molecule has 0 atom stereocenters. The number of rotatable bonds is 8. The fourth-order valence-corrected chi connectivity index (χ4v) is 2.78. The number of alkyl halides is 2. The van der Waals surface area contributed by atoms with Gasteiger partial charge in [0.05, 0.1) is 5.08 Å². The Morgan fingerprint density at radius 2 is 1.36 bits per heavy atom. The summed E-state index contributed by atoms with van der Waals surface area (Å²) in [4.78, 5) is 0. The molecule has 0 unspecified atom stereocenters. The van der Waals surface area contributed by atoms with Crippen molar-refractivity contribution >= 4 is 46.7 Å². The van der Waals surface area contributed by atoms with Gasteiger partial charge in [0.25, 0.3) is 0 Å². The molecule has 4 heteroatoms. The molecule has 0 amide bonds. The van der Waals surface area contributed by atoms with Crippen LogP contribution >= 0.6 is 46.7 Å². The van der Waals surface area contributed by atoms with Gasteiger partial charge in [-0.25, -0.2) is 0 Å². The lowest BCUT2D eigenvalue weighted by atomic mass is 10.6. The van der Waals surface area contributed by atoms with Crippen molar-refractivity contribution in [3.8, 4) is 0 Å². The van der Waals surface area contributed by atoms with Gasteiger partial charge in [-0.2, -0.15) is 0 Å². The van der Waals surface area contributed by atoms with E-state index in [1.54, 1.807) is 0 Å². The Bertz CT molecular complexity index is 63.5. The van der Waals surface area contributed by atoms with Crippen LogP contribution in [-0.4, -0.2) is 23.3 Å². The first-order valence-corrected chi connectivity index (χ1v) is 6.75. The van der Waals surface area contributed by atoms with E-state index in [2.05, 4.69) is 5.08 Å². The molecule has 0 aromatic rings. The van der Waals surface area contributed by atoms with Gasteiger partial charge < -0.3 is 0 Å². The van der Waals surface area contributed by atoms with Crippen molar-refractivity contribution in [3.05, 3.63) is 5.08 Å². The van der Waals surface area contributed by atoms with Gasteiger partial charge >= 0.3 is 0 Å². The maximum absolute atomic E-state index is 5.51. The lowest BCUT2D eigenvalue weighted by molar-refractivity contribution is 1.12. The Labute approximate surface area is 87.8 Å². The molecule has 1 radical (unpaired) electrons. The van der Waals surface area contributed by atoms with E-state index in [0.29, 0.717) is 0 Å². The molecule has 0 saturated heterocycles. The van der Waals surface area contributed by atoms with Crippen molar-refractivity contribution in [2.45, 2.75) is 12.8 Å². The van der Waals surface area contributed by atoms with E-state index >= 15 is 0 Å². The molecule has 0 aliphatic carbocycles. The van der Waals surface area contributed by atoms with E-state index in [9.17, 15) is 0 Å². The summed E-state index contributed by atoms with van der Waals surface area (Å²) in [5.41, 5.74) is 0. The third-order valence-corrected chi connectivity index (χ3v) is 3.60. The molecule has 0 fully saturated rings. The SMILES string of the molecule is ClCCCS[CH]SCCCCl. The predicted octanol–water partition coefficient (Wildman–Crippen LogP) is 3.83. The maximum Gasteiger partial charge on any atom is 0.0712 e. The van der Waals surface area contributed by atoms with Gasteiger partial charge in [-0.05, 0) is 24.3 Å². The van der Waals surface area contributed by atoms with Gasteiger partial charge in [-0.1, -0.05) is 0 Å². The van der Waals surface area contributed by atoms with Gasteiger partial charge in [-0.3, -0.25) is 0 Å². The molecule has 0 aromatic heterocycles. The van der Waals surface area contributed by atoms with Crippen LogP contribution in [0.15, 0.2) is 0 Å². The molecule has 67 valence electrons. The molecule has 11 heavy (non-hydrogen) atoms. The summed E-state index contributed by atoms with van der Waals surface area (Å²) >= 11 is 14.7. The van der Waals surface area contributed by atoms with Gasteiger partial charge in [0, 0.05) is 11.8 Å². The van der Waals surface area contributed by atoms with Crippen LogP contribution in [0.25, 0.3) is 0 Å². The molecular weight excluding hydrogens is 219 g/mol. The molecule has 0 nitrogen and oxygen atoms in total. The maximum atomic E-state index is 5.51. The minimum absolute atomic E-state index is 0.771. The minimum atomic E-state index is 0.771. The summed E-state index contributed by atoms with van der Waals surface area (Å²) in [6.07, 6.45) is 2.19. The first-order chi connectivity index (χ1) is 5.41. The topological polar surface area (TPSA) is 0 Å². The van der Waals surface area contributed by atoms with E-state index in [-0.39, 0.29) is 0 Å². The van der Waals surface area contributed by atoms with Crippen molar-refractivity contribution in [1.82, 2.24) is 0 Å². The highest BCUT2D eigenvalue weighted by Crippen LogP contribution is 2.19. The zero-order chi connectivity index (χ0) is 8.36. The Hall–Kier alpha value is 1.28. The highest BCUT2D eigenvalue weighted by molar-refractivity contribution is 8.19. The van der Waals surface area contributed by atoms with Crippen LogP contribution < -0.4 is 0 Å². The Balaban J connectivity index is 2.69. The summed E-state index contributed by atoms with van der Waals surface area (Å²) in [7, 11) is 0. The largest absolute Gasteiger partial charge is 0.146 e. The molecule has 0 heterocycles. The molecular formula is C7H13Cl2S2. The lowest BCUT2D eigenvalue weighted by Gasteiger charge is -1.97. The fourth-order valence-electron chi connectivity index (χ4n) is 0.420. The van der Waals surface area contributed by atoms with E-state index in [1.165, 1.54) is 0 Å². The summed E-state index contributed by atoms with van der Waals surface area (Å²) in [5.74, 6) is 3.81. The van der Waals surface area contributed by atoms with Crippen molar-refractivity contribution in [2.24, 2.45) is 0 Å². The Morgan fingerprint density at radius 3 is 1.73 bits per heavy atom. The summed E-state index contributed by atoms with van der Waals surface area (Å²) < 4.78 is 0. The van der Waals surface area contributed by atoms with Crippen LogP contribution in [-0.2, 0) is 0 Å². The van der Waals surface area contributed by atoms with Crippen molar-refractivity contribution in [3.63, 3.8) is 0 Å². The van der Waals surface area contributed by atoms with Crippen molar-refractivity contribution in [1.29, 1.82) is 0 Å². The third-order valence-electron chi connectivity index (χ3n) is 0.928. The second kappa shape index (κ2) is 11.3. The number of hydrogen-bond donors (Lipinski definition) is 0. The zero-order valence-corrected chi connectivity index (χ0v) is 9.54. The Morgan fingerprint density at radius 1 is 0.909 bits per heavy atom. The van der Waals surface area contributed by atoms with Gasteiger partial charge in [-0.15, -0.1) is 46.7 Å². The quantitative estimate of drug-likeness (QED) is 0.460. The van der Waals surface area contributed by atoms with Crippen LogP contribution in [0.3, 0.4) is 0 Å². The summed E-state index contributed by atoms with van der Waals surface area (Å²) in [6.45, 7) is 0.